The SMILES string of the molecule is Cc1cc2ncnc(C(=O)c3ccc(Oc4ccccc4)cc3)c2cc1C.Cc1cc2ncnc(Nc3ccc(Oc4ccccc4)c4c3C(=O)NC4)c2cc1C.Cc1cc2ncnc([C@@H](N)c3ccc(Oc4ccccc4)cc3)c2cc1C.Cc1cc2ncnc([C@@H](O)c3ccc(Oc4ccccc4)cc3)c2cc1C.Cc1cc2ncnc([C@H](O)c3ccc(Oc4ccccc4)cc3)c2cc1C. The number of rotatable bonds is 20. The first kappa shape index (κ1) is 92.7. The highest BCUT2D eigenvalue weighted by Crippen LogP contribution is 2.40. The number of fused-ring (bicyclic) bond motifs is 6. The van der Waals surface area contributed by atoms with Crippen LogP contribution in [0, 0.1) is 69.2 Å². The standard InChI is InChI=1S/C24H20N4O2.C23H21N3O.2C23H20N2O2.C23H18N2O2/c1-14-10-17-20(11-15(14)2)26-13-27-23(17)28-19-8-9-21(18-12-25-24(29)22(18)19)30-16-6-4-3-5-7-16;1-15-12-20-21(13-16(15)2)25-14-26-23(20)22(24)17-8-10-19(11-9-17)27-18-6-4-3-5-7-18;3*1-15-12-20-21(13-16(15)2)24-14-25-22(20)23(26)17-8-10-19(11-9-17)27-18-6-4-3-5-7-18/h3-11,13H,12H2,1-2H3,(H,25,29)(H,26,27,28);3-14,22H,24H2,1-2H3;2*3-14,23,26H,1-2H3;3-14H,1-2H3/t;22-;2*23-;/m.010./s1. The van der Waals surface area contributed by atoms with Gasteiger partial charge in [-0.3, -0.25) is 9.59 Å². The largest absolute Gasteiger partial charge is 0.457 e. The van der Waals surface area contributed by atoms with E-state index in [-0.39, 0.29) is 17.7 Å². The molecule has 0 bridgehead atoms. The van der Waals surface area contributed by atoms with E-state index in [0.717, 1.165) is 156 Å². The minimum atomic E-state index is -0.830. The van der Waals surface area contributed by atoms with Crippen LogP contribution in [0.3, 0.4) is 0 Å². The van der Waals surface area contributed by atoms with Gasteiger partial charge in [0.15, 0.2) is 0 Å². The first-order valence-electron chi connectivity index (χ1n) is 45.1. The molecule has 20 aromatic rings. The van der Waals surface area contributed by atoms with Crippen molar-refractivity contribution in [1.82, 2.24) is 55.2 Å². The van der Waals surface area contributed by atoms with Crippen LogP contribution in [0.15, 0.2) is 353 Å². The number of aliphatic hydroxyl groups excluding tert-OH is 2. The van der Waals surface area contributed by atoms with Gasteiger partial charge in [-0.2, -0.15) is 0 Å². The summed E-state index contributed by atoms with van der Waals surface area (Å²) < 4.78 is 29.3. The van der Waals surface area contributed by atoms with E-state index in [9.17, 15) is 19.8 Å². The van der Waals surface area contributed by atoms with Gasteiger partial charge in [0, 0.05) is 44.6 Å². The Kier molecular flexibility index (Phi) is 28.4. The minimum absolute atomic E-state index is 0.128. The van der Waals surface area contributed by atoms with Crippen molar-refractivity contribution in [3.8, 4) is 57.5 Å². The average molecular weight is 1820 g/mol. The fourth-order valence-electron chi connectivity index (χ4n) is 15.8. The number of para-hydroxylation sites is 5. The summed E-state index contributed by atoms with van der Waals surface area (Å²) in [6, 6.07) is 102. The maximum absolute atomic E-state index is 13.0. The average Bonchev–Trinajstić information content (AvgIpc) is 1.64. The molecule has 682 valence electrons. The zero-order valence-electron chi connectivity index (χ0n) is 77.7. The molecule has 138 heavy (non-hydrogen) atoms. The van der Waals surface area contributed by atoms with Crippen molar-refractivity contribution in [3.63, 3.8) is 0 Å². The summed E-state index contributed by atoms with van der Waals surface area (Å²) in [7, 11) is 0. The van der Waals surface area contributed by atoms with Gasteiger partial charge < -0.3 is 50.3 Å². The number of ketones is 1. The summed E-state index contributed by atoms with van der Waals surface area (Å²) in [6.45, 7) is 21.0. The number of hydrogen-bond donors (Lipinski definition) is 5. The Morgan fingerprint density at radius 3 is 1.01 bits per heavy atom. The highest BCUT2D eigenvalue weighted by molar-refractivity contribution is 6.14. The van der Waals surface area contributed by atoms with Crippen molar-refractivity contribution in [2.45, 2.75) is 94.0 Å². The number of nitrogens with one attached hydrogen (secondary N) is 2. The molecule has 0 aliphatic carbocycles. The number of hydrogen-bond acceptors (Lipinski definition) is 21. The Balaban J connectivity index is 0.000000119. The molecule has 5 aromatic heterocycles. The fraction of sp³-hybridized carbons (Fsp3) is 0.121. The van der Waals surface area contributed by atoms with Gasteiger partial charge in [-0.15, -0.1) is 0 Å². The monoisotopic (exact) mass is 1820 g/mol. The molecule has 3 atom stereocenters. The summed E-state index contributed by atoms with van der Waals surface area (Å²) in [4.78, 5) is 69.2. The Bertz CT molecular complexity index is 7350. The zero-order valence-corrected chi connectivity index (χ0v) is 77.7. The molecule has 1 aliphatic rings. The second kappa shape index (κ2) is 42.4. The van der Waals surface area contributed by atoms with E-state index in [0.29, 0.717) is 57.8 Å². The third-order valence-corrected chi connectivity index (χ3v) is 24.2. The first-order chi connectivity index (χ1) is 67.1. The van der Waals surface area contributed by atoms with Crippen LogP contribution in [0.4, 0.5) is 11.5 Å². The number of aromatic nitrogens is 10. The number of aliphatic hydroxyl groups is 2. The minimum Gasteiger partial charge on any atom is -0.457 e. The van der Waals surface area contributed by atoms with Crippen LogP contribution in [-0.2, 0) is 6.54 Å². The molecule has 22 nitrogen and oxygen atoms in total. The summed E-state index contributed by atoms with van der Waals surface area (Å²) in [5.41, 5.74) is 30.1. The predicted octanol–water partition coefficient (Wildman–Crippen LogP) is 25.6. The van der Waals surface area contributed by atoms with Gasteiger partial charge in [0.1, 0.15) is 113 Å². The van der Waals surface area contributed by atoms with Crippen LogP contribution in [0.1, 0.15) is 140 Å². The maximum Gasteiger partial charge on any atom is 0.254 e. The van der Waals surface area contributed by atoms with E-state index in [1.54, 1.807) is 30.6 Å². The Morgan fingerprint density at radius 1 is 0.319 bits per heavy atom. The number of carbonyl (C=O) groups excluding carboxylic acids is 2. The van der Waals surface area contributed by atoms with Crippen molar-refractivity contribution in [1.29, 1.82) is 0 Å². The van der Waals surface area contributed by atoms with E-state index in [1.165, 1.54) is 53.1 Å². The van der Waals surface area contributed by atoms with Gasteiger partial charge in [-0.1, -0.05) is 127 Å². The van der Waals surface area contributed by atoms with Crippen molar-refractivity contribution in [2.75, 3.05) is 5.32 Å². The highest BCUT2D eigenvalue weighted by atomic mass is 16.5. The zero-order chi connectivity index (χ0) is 95.9. The van der Waals surface area contributed by atoms with E-state index in [2.05, 4.69) is 120 Å². The number of anilines is 2. The number of ether oxygens (including phenoxy) is 5. The number of aryl methyl sites for hydroxylation is 10. The smallest absolute Gasteiger partial charge is 0.254 e. The molecular weight excluding hydrogens is 1720 g/mol. The molecule has 0 unspecified atom stereocenters. The molecule has 1 aliphatic heterocycles. The molecule has 6 N–H and O–H groups in total. The quantitative estimate of drug-likeness (QED) is 0.0443. The first-order valence-corrected chi connectivity index (χ1v) is 45.1. The van der Waals surface area contributed by atoms with Crippen LogP contribution < -0.4 is 40.1 Å². The van der Waals surface area contributed by atoms with Crippen molar-refractivity contribution in [3.05, 3.63) is 465 Å². The Hall–Kier alpha value is -17.2. The summed E-state index contributed by atoms with van der Waals surface area (Å²) in [6.07, 6.45) is 5.90. The molecule has 0 spiro atoms. The molecule has 21 rings (SSSR count). The molecule has 6 heterocycles. The van der Waals surface area contributed by atoms with Crippen LogP contribution in [-0.4, -0.2) is 71.7 Å². The fourth-order valence-corrected chi connectivity index (χ4v) is 15.8. The van der Waals surface area contributed by atoms with Gasteiger partial charge in [-0.05, 0) is 336 Å². The van der Waals surface area contributed by atoms with Gasteiger partial charge in [-0.25, -0.2) is 49.8 Å². The van der Waals surface area contributed by atoms with E-state index < -0.39 is 12.2 Å². The lowest BCUT2D eigenvalue weighted by atomic mass is 9.98. The van der Waals surface area contributed by atoms with Crippen molar-refractivity contribution >= 4 is 77.7 Å². The predicted molar refractivity (Wildman–Crippen MR) is 542 cm³/mol. The van der Waals surface area contributed by atoms with Gasteiger partial charge in [0.2, 0.25) is 5.78 Å². The molecule has 0 saturated heterocycles. The second-order valence-electron chi connectivity index (χ2n) is 33.7. The molecule has 1 amide bonds. The maximum atomic E-state index is 13.0. The summed E-state index contributed by atoms with van der Waals surface area (Å²) >= 11 is 0. The second-order valence-corrected chi connectivity index (χ2v) is 33.7. The van der Waals surface area contributed by atoms with E-state index in [4.69, 9.17) is 29.4 Å². The van der Waals surface area contributed by atoms with Crippen LogP contribution in [0.5, 0.6) is 57.5 Å². The molecular formula is C116H99N13O9. The topological polar surface area (TPSA) is 300 Å². The normalized spacial score (nSPS) is 11.9. The lowest BCUT2D eigenvalue weighted by molar-refractivity contribution is 0.0965. The molecule has 0 saturated carbocycles. The molecule has 15 aromatic carbocycles. The Morgan fingerprint density at radius 2 is 0.616 bits per heavy atom. The molecule has 0 radical (unpaired) electrons. The number of benzene rings is 15. The number of nitrogens with two attached hydrogens (primary N) is 1. The highest BCUT2D eigenvalue weighted by Gasteiger charge is 2.29. The number of nitrogens with zero attached hydrogens (tertiary/aromatic N) is 10. The van der Waals surface area contributed by atoms with Crippen LogP contribution >= 0.6 is 0 Å². The van der Waals surface area contributed by atoms with E-state index >= 15 is 0 Å². The van der Waals surface area contributed by atoms with E-state index in [1.807, 2.05) is 307 Å². The Labute approximate surface area is 799 Å². The molecule has 0 fully saturated rings. The van der Waals surface area contributed by atoms with Gasteiger partial charge in [0.25, 0.3) is 5.91 Å². The summed E-state index contributed by atoms with van der Waals surface area (Å²) in [5, 5.41) is 32.5. The van der Waals surface area contributed by atoms with Gasteiger partial charge >= 0.3 is 0 Å². The van der Waals surface area contributed by atoms with Crippen molar-refractivity contribution in [2.24, 2.45) is 5.73 Å². The summed E-state index contributed by atoms with van der Waals surface area (Å²) in [5.74, 6) is 7.81. The lowest BCUT2D eigenvalue weighted by Crippen LogP contribution is -2.14. The third kappa shape index (κ3) is 21.8. The van der Waals surface area contributed by atoms with Crippen molar-refractivity contribution < 1.29 is 43.5 Å². The number of carbonyl (C=O) groups is 2. The van der Waals surface area contributed by atoms with Crippen LogP contribution in [0.2, 0.25) is 0 Å². The van der Waals surface area contributed by atoms with Gasteiger partial charge in [0.05, 0.1) is 62.0 Å². The lowest BCUT2D eigenvalue weighted by Gasteiger charge is -2.15. The number of amides is 1. The molecule has 22 heteroatoms. The third-order valence-electron chi connectivity index (χ3n) is 24.2. The van der Waals surface area contributed by atoms with Crippen LogP contribution in [0.25, 0.3) is 54.5 Å².